The van der Waals surface area contributed by atoms with Crippen LogP contribution in [0.3, 0.4) is 0 Å². The fraction of sp³-hybridized carbons (Fsp3) is 0.462. The third-order valence-electron chi connectivity index (χ3n) is 2.86. The summed E-state index contributed by atoms with van der Waals surface area (Å²) in [7, 11) is 0. The Morgan fingerprint density at radius 3 is 2.53 bits per heavy atom. The number of hydrogen-bond donors (Lipinski definition) is 3. The molecule has 0 radical (unpaired) electrons. The number of H-pyrrole nitrogens is 1. The van der Waals surface area contributed by atoms with Crippen LogP contribution in [0.1, 0.15) is 24.8 Å². The Hall–Kier alpha value is -1.55. The minimum atomic E-state index is 0.477. The van der Waals surface area contributed by atoms with E-state index < -0.39 is 0 Å². The summed E-state index contributed by atoms with van der Waals surface area (Å²) in [6.07, 6.45) is 4.22. The maximum Gasteiger partial charge on any atom is 0.198 e. The third-order valence-corrected chi connectivity index (χ3v) is 2.86. The van der Waals surface area contributed by atoms with Gasteiger partial charge in [0.15, 0.2) is 5.95 Å². The first-order valence-corrected chi connectivity index (χ1v) is 6.18. The molecule has 0 spiro atoms. The van der Waals surface area contributed by atoms with Gasteiger partial charge >= 0.3 is 0 Å². The number of nitrogens with one attached hydrogen (secondary N) is 2. The highest BCUT2D eigenvalue weighted by Gasteiger charge is 1.97. The zero-order valence-corrected chi connectivity index (χ0v) is 10.3. The molecule has 4 nitrogen and oxygen atoms in total. The molecule has 2 heterocycles. The summed E-state index contributed by atoms with van der Waals surface area (Å²) in [4.78, 5) is 7.04. The molecule has 0 aliphatic carbocycles. The van der Waals surface area contributed by atoms with Crippen molar-refractivity contribution in [1.29, 1.82) is 0 Å². The number of hydrogen-bond acceptors (Lipinski definition) is 3. The number of rotatable bonds is 0. The molecule has 2 aromatic rings. The molecule has 1 aliphatic heterocycles. The number of fused-ring (bicyclic) bond motifs is 1. The Bertz CT molecular complexity index is 460. The minimum absolute atomic E-state index is 0.477. The molecular formula is C13H20N4. The normalized spacial score (nSPS) is 15.4. The first kappa shape index (κ1) is 11.9. The highest BCUT2D eigenvalue weighted by Crippen LogP contribution is 2.13. The number of nitrogen functional groups attached to an aromatic ring is 1. The summed E-state index contributed by atoms with van der Waals surface area (Å²) < 4.78 is 0. The number of aromatic nitrogens is 2. The minimum Gasteiger partial charge on any atom is -0.369 e. The van der Waals surface area contributed by atoms with Crippen molar-refractivity contribution in [3.05, 3.63) is 23.8 Å². The summed E-state index contributed by atoms with van der Waals surface area (Å²) in [5.41, 5.74) is 8.61. The van der Waals surface area contributed by atoms with E-state index in [0.29, 0.717) is 5.95 Å². The molecule has 17 heavy (non-hydrogen) atoms. The molecular weight excluding hydrogens is 212 g/mol. The molecule has 3 rings (SSSR count). The zero-order valence-electron chi connectivity index (χ0n) is 10.3. The highest BCUT2D eigenvalue weighted by atomic mass is 15.0. The Labute approximate surface area is 102 Å². The second kappa shape index (κ2) is 5.68. The van der Waals surface area contributed by atoms with Crippen molar-refractivity contribution in [3.8, 4) is 0 Å². The molecule has 1 fully saturated rings. The lowest BCUT2D eigenvalue weighted by Gasteiger charge is -2.08. The van der Waals surface area contributed by atoms with Crippen molar-refractivity contribution in [2.45, 2.75) is 26.2 Å². The molecule has 0 bridgehead atoms. The van der Waals surface area contributed by atoms with Crippen LogP contribution < -0.4 is 11.1 Å². The lowest BCUT2D eigenvalue weighted by Crippen LogP contribution is -2.21. The topological polar surface area (TPSA) is 66.7 Å². The smallest absolute Gasteiger partial charge is 0.198 e. The third kappa shape index (κ3) is 3.46. The van der Waals surface area contributed by atoms with E-state index in [1.54, 1.807) is 0 Å². The lowest BCUT2D eigenvalue weighted by atomic mass is 10.2. The van der Waals surface area contributed by atoms with Gasteiger partial charge in [-0.05, 0) is 50.6 Å². The summed E-state index contributed by atoms with van der Waals surface area (Å²) in [6, 6.07) is 6.00. The predicted octanol–water partition coefficient (Wildman–Crippen LogP) is 2.21. The first-order valence-electron chi connectivity index (χ1n) is 6.18. The van der Waals surface area contributed by atoms with Crippen molar-refractivity contribution in [2.24, 2.45) is 0 Å². The molecule has 0 unspecified atom stereocenters. The lowest BCUT2D eigenvalue weighted by molar-refractivity contribution is 0.520. The fourth-order valence-electron chi connectivity index (χ4n) is 1.94. The van der Waals surface area contributed by atoms with E-state index in [1.807, 2.05) is 25.1 Å². The van der Waals surface area contributed by atoms with E-state index in [1.165, 1.54) is 37.9 Å². The molecule has 92 valence electrons. The van der Waals surface area contributed by atoms with Gasteiger partial charge in [0.2, 0.25) is 0 Å². The fourth-order valence-corrected chi connectivity index (χ4v) is 1.94. The van der Waals surface area contributed by atoms with E-state index in [2.05, 4.69) is 15.3 Å². The molecule has 1 aromatic carbocycles. The number of imidazole rings is 1. The molecule has 0 atom stereocenters. The average Bonchev–Trinajstić information content (AvgIpc) is 2.71. The van der Waals surface area contributed by atoms with E-state index in [0.717, 1.165) is 11.0 Å². The molecule has 0 saturated carbocycles. The summed E-state index contributed by atoms with van der Waals surface area (Å²) in [6.45, 7) is 4.54. The van der Waals surface area contributed by atoms with Crippen LogP contribution in [0.5, 0.6) is 0 Å². The van der Waals surface area contributed by atoms with E-state index >= 15 is 0 Å². The van der Waals surface area contributed by atoms with E-state index in [4.69, 9.17) is 5.73 Å². The van der Waals surface area contributed by atoms with Crippen molar-refractivity contribution < 1.29 is 0 Å². The van der Waals surface area contributed by atoms with Crippen molar-refractivity contribution >= 4 is 17.0 Å². The number of benzene rings is 1. The van der Waals surface area contributed by atoms with Gasteiger partial charge in [-0.3, -0.25) is 0 Å². The predicted molar refractivity (Wildman–Crippen MR) is 72.0 cm³/mol. The second-order valence-corrected chi connectivity index (χ2v) is 4.45. The van der Waals surface area contributed by atoms with Crippen LogP contribution in [0.4, 0.5) is 5.95 Å². The molecule has 1 aromatic heterocycles. The maximum atomic E-state index is 5.47. The second-order valence-electron chi connectivity index (χ2n) is 4.45. The quantitative estimate of drug-likeness (QED) is 0.652. The van der Waals surface area contributed by atoms with Gasteiger partial charge in [0, 0.05) is 0 Å². The molecule has 1 aliphatic rings. The number of aryl methyl sites for hydroxylation is 1. The van der Waals surface area contributed by atoms with Gasteiger partial charge in [-0.1, -0.05) is 12.5 Å². The standard InChI is InChI=1S/C8H9N3.C5H11N/c1-5-2-3-6-7(4-5)11-8(9)10-6;1-2-4-6-5-3-1/h2-4H,1H3,(H3,9,10,11);6H,1-5H2. The summed E-state index contributed by atoms with van der Waals surface area (Å²) >= 11 is 0. The number of nitrogens with two attached hydrogens (primary N) is 1. The molecule has 1 saturated heterocycles. The Morgan fingerprint density at radius 2 is 1.94 bits per heavy atom. The van der Waals surface area contributed by atoms with Gasteiger partial charge < -0.3 is 16.0 Å². The first-order chi connectivity index (χ1) is 8.25. The van der Waals surface area contributed by atoms with E-state index in [-0.39, 0.29) is 0 Å². The van der Waals surface area contributed by atoms with Crippen LogP contribution in [-0.2, 0) is 0 Å². The average molecular weight is 232 g/mol. The number of nitrogens with zero attached hydrogens (tertiary/aromatic N) is 1. The zero-order chi connectivity index (χ0) is 12.1. The van der Waals surface area contributed by atoms with Gasteiger partial charge in [0.25, 0.3) is 0 Å². The van der Waals surface area contributed by atoms with Crippen molar-refractivity contribution in [3.63, 3.8) is 0 Å². The SMILES string of the molecule is C1CCNCC1.Cc1ccc2nc(N)[nH]c2c1. The summed E-state index contributed by atoms with van der Waals surface area (Å²) in [5, 5.41) is 3.28. The van der Waals surface area contributed by atoms with Gasteiger partial charge in [0.05, 0.1) is 11.0 Å². The number of anilines is 1. The van der Waals surface area contributed by atoms with Crippen LogP contribution in [0, 0.1) is 6.92 Å². The molecule has 4 heteroatoms. The number of piperidine rings is 1. The van der Waals surface area contributed by atoms with Gasteiger partial charge in [-0.2, -0.15) is 0 Å². The molecule has 4 N–H and O–H groups in total. The number of aromatic amines is 1. The van der Waals surface area contributed by atoms with Crippen LogP contribution in [-0.4, -0.2) is 23.1 Å². The van der Waals surface area contributed by atoms with Gasteiger partial charge in [0.1, 0.15) is 0 Å². The van der Waals surface area contributed by atoms with Gasteiger partial charge in [-0.25, -0.2) is 4.98 Å². The van der Waals surface area contributed by atoms with Crippen LogP contribution in [0.15, 0.2) is 18.2 Å². The highest BCUT2D eigenvalue weighted by molar-refractivity contribution is 5.77. The van der Waals surface area contributed by atoms with Crippen LogP contribution in [0.25, 0.3) is 11.0 Å². The van der Waals surface area contributed by atoms with Crippen molar-refractivity contribution in [2.75, 3.05) is 18.8 Å². The Kier molecular flexibility index (Phi) is 3.98. The summed E-state index contributed by atoms with van der Waals surface area (Å²) in [5.74, 6) is 0.477. The monoisotopic (exact) mass is 232 g/mol. The van der Waals surface area contributed by atoms with Crippen LogP contribution in [0.2, 0.25) is 0 Å². The van der Waals surface area contributed by atoms with Crippen LogP contribution >= 0.6 is 0 Å². The maximum absolute atomic E-state index is 5.47. The Balaban J connectivity index is 0.000000153. The van der Waals surface area contributed by atoms with E-state index in [9.17, 15) is 0 Å². The van der Waals surface area contributed by atoms with Gasteiger partial charge in [-0.15, -0.1) is 0 Å². The molecule has 0 amide bonds. The largest absolute Gasteiger partial charge is 0.369 e. The Morgan fingerprint density at radius 1 is 1.18 bits per heavy atom. The van der Waals surface area contributed by atoms with Crippen molar-refractivity contribution in [1.82, 2.24) is 15.3 Å².